The molecule has 96 valence electrons. The normalized spacial score (nSPS) is 14.4. The number of rotatable bonds is 5. The number of likely N-dealkylation sites (N-methyl/N-ethyl adjacent to an activating group) is 1. The van der Waals surface area contributed by atoms with Crippen LogP contribution < -0.4 is 5.73 Å². The van der Waals surface area contributed by atoms with Crippen molar-refractivity contribution in [2.75, 3.05) is 7.05 Å². The Hall–Kier alpha value is -1.36. The minimum Gasteiger partial charge on any atom is -0.340 e. The maximum absolute atomic E-state index is 12.1. The van der Waals surface area contributed by atoms with Gasteiger partial charge in [0.25, 0.3) is 0 Å². The highest BCUT2D eigenvalue weighted by molar-refractivity contribution is 5.85. The van der Waals surface area contributed by atoms with Gasteiger partial charge in [-0.15, -0.1) is 0 Å². The Balaban J connectivity index is 2.64. The summed E-state index contributed by atoms with van der Waals surface area (Å²) < 4.78 is 1.72. The lowest BCUT2D eigenvalue weighted by atomic mass is 9.96. The molecule has 2 N–H and O–H groups in total. The van der Waals surface area contributed by atoms with Crippen LogP contribution in [-0.2, 0) is 18.4 Å². The second-order valence-electron chi connectivity index (χ2n) is 4.85. The molecule has 1 amide bonds. The lowest BCUT2D eigenvalue weighted by Crippen LogP contribution is -2.51. The average molecular weight is 238 g/mol. The summed E-state index contributed by atoms with van der Waals surface area (Å²) in [4.78, 5) is 13.8. The topological polar surface area (TPSA) is 64.2 Å². The Morgan fingerprint density at radius 2 is 2.29 bits per heavy atom. The van der Waals surface area contributed by atoms with Gasteiger partial charge in [0.15, 0.2) is 0 Å². The number of aryl methyl sites for hydroxylation is 1. The van der Waals surface area contributed by atoms with Gasteiger partial charge in [-0.25, -0.2) is 0 Å². The molecular weight excluding hydrogens is 216 g/mol. The lowest BCUT2D eigenvalue weighted by Gasteiger charge is -2.28. The molecule has 1 aromatic heterocycles. The van der Waals surface area contributed by atoms with Crippen LogP contribution in [0.2, 0.25) is 0 Å². The summed E-state index contributed by atoms with van der Waals surface area (Å²) in [5.74, 6) is -0.0248. The Labute approximate surface area is 103 Å². The zero-order chi connectivity index (χ0) is 13.1. The zero-order valence-corrected chi connectivity index (χ0v) is 11.1. The van der Waals surface area contributed by atoms with Gasteiger partial charge in [-0.05, 0) is 13.3 Å². The van der Waals surface area contributed by atoms with E-state index in [0.717, 1.165) is 12.0 Å². The molecule has 0 fully saturated rings. The van der Waals surface area contributed by atoms with E-state index in [1.807, 2.05) is 20.2 Å². The molecule has 1 atom stereocenters. The van der Waals surface area contributed by atoms with E-state index in [4.69, 9.17) is 5.73 Å². The van der Waals surface area contributed by atoms with Crippen molar-refractivity contribution in [3.63, 3.8) is 0 Å². The molecule has 1 aromatic rings. The molecule has 0 saturated carbocycles. The largest absolute Gasteiger partial charge is 0.340 e. The number of amides is 1. The average Bonchev–Trinajstić information content (AvgIpc) is 2.62. The number of carbonyl (C=O) groups is 1. The van der Waals surface area contributed by atoms with Gasteiger partial charge in [0.05, 0.1) is 11.7 Å². The third-order valence-corrected chi connectivity index (χ3v) is 2.78. The molecule has 5 nitrogen and oxygen atoms in total. The van der Waals surface area contributed by atoms with Crippen molar-refractivity contribution < 1.29 is 4.79 Å². The third-order valence-electron chi connectivity index (χ3n) is 2.78. The van der Waals surface area contributed by atoms with Crippen LogP contribution in [0.4, 0.5) is 0 Å². The predicted octanol–water partition coefficient (Wildman–Crippen LogP) is 0.896. The van der Waals surface area contributed by atoms with Crippen molar-refractivity contribution >= 4 is 5.91 Å². The fraction of sp³-hybridized carbons (Fsp3) is 0.667. The molecule has 1 unspecified atom stereocenters. The number of hydrogen-bond acceptors (Lipinski definition) is 3. The van der Waals surface area contributed by atoms with Crippen molar-refractivity contribution in [1.82, 2.24) is 14.7 Å². The maximum Gasteiger partial charge on any atom is 0.242 e. The van der Waals surface area contributed by atoms with E-state index in [1.54, 1.807) is 29.7 Å². The zero-order valence-electron chi connectivity index (χ0n) is 11.1. The van der Waals surface area contributed by atoms with Crippen LogP contribution in [0.1, 0.15) is 32.3 Å². The summed E-state index contributed by atoms with van der Waals surface area (Å²) in [7, 11) is 3.63. The molecule has 0 aliphatic rings. The van der Waals surface area contributed by atoms with Gasteiger partial charge in [-0.3, -0.25) is 9.48 Å². The van der Waals surface area contributed by atoms with Crippen molar-refractivity contribution in [3.05, 3.63) is 18.0 Å². The number of nitrogens with two attached hydrogens (primary N) is 1. The highest BCUT2D eigenvalue weighted by Gasteiger charge is 2.30. The molecule has 0 aliphatic heterocycles. The Kier molecular flexibility index (Phi) is 4.28. The van der Waals surface area contributed by atoms with E-state index in [0.29, 0.717) is 13.0 Å². The molecule has 0 aromatic carbocycles. The van der Waals surface area contributed by atoms with E-state index >= 15 is 0 Å². The second kappa shape index (κ2) is 5.31. The van der Waals surface area contributed by atoms with Gasteiger partial charge in [-0.2, -0.15) is 5.10 Å². The number of nitrogens with zero attached hydrogens (tertiary/aromatic N) is 3. The molecule has 17 heavy (non-hydrogen) atoms. The summed E-state index contributed by atoms with van der Waals surface area (Å²) in [5, 5.41) is 4.07. The van der Waals surface area contributed by atoms with Gasteiger partial charge < -0.3 is 10.6 Å². The Bertz CT molecular complexity index is 384. The smallest absolute Gasteiger partial charge is 0.242 e. The highest BCUT2D eigenvalue weighted by atomic mass is 16.2. The van der Waals surface area contributed by atoms with Crippen LogP contribution in [0, 0.1) is 0 Å². The quantitative estimate of drug-likeness (QED) is 0.828. The van der Waals surface area contributed by atoms with Crippen LogP contribution in [0.15, 0.2) is 12.4 Å². The van der Waals surface area contributed by atoms with E-state index in [2.05, 4.69) is 5.10 Å². The molecule has 0 bridgehead atoms. The molecule has 1 heterocycles. The van der Waals surface area contributed by atoms with Crippen LogP contribution in [0.25, 0.3) is 0 Å². The van der Waals surface area contributed by atoms with E-state index in [9.17, 15) is 4.79 Å². The fourth-order valence-corrected chi connectivity index (χ4v) is 1.96. The molecule has 0 aliphatic carbocycles. The first kappa shape index (κ1) is 13.7. The van der Waals surface area contributed by atoms with Gasteiger partial charge >= 0.3 is 0 Å². The Morgan fingerprint density at radius 3 is 2.76 bits per heavy atom. The fourth-order valence-electron chi connectivity index (χ4n) is 1.96. The predicted molar refractivity (Wildman–Crippen MR) is 67.2 cm³/mol. The minimum absolute atomic E-state index is 0.0248. The van der Waals surface area contributed by atoms with Gasteiger partial charge in [0.1, 0.15) is 0 Å². The van der Waals surface area contributed by atoms with E-state index in [-0.39, 0.29) is 5.91 Å². The molecule has 0 spiro atoms. The lowest BCUT2D eigenvalue weighted by molar-refractivity contribution is -0.135. The summed E-state index contributed by atoms with van der Waals surface area (Å²) in [6, 6.07) is 0. The second-order valence-corrected chi connectivity index (χ2v) is 4.85. The molecular formula is C12H22N4O. The first-order valence-corrected chi connectivity index (χ1v) is 5.89. The summed E-state index contributed by atoms with van der Waals surface area (Å²) in [6.07, 6.45) is 5.26. The maximum atomic E-state index is 12.1. The van der Waals surface area contributed by atoms with Crippen molar-refractivity contribution in [3.8, 4) is 0 Å². The van der Waals surface area contributed by atoms with Crippen molar-refractivity contribution in [2.45, 2.75) is 38.8 Å². The number of carbonyl (C=O) groups excluding carboxylic acids is 1. The molecule has 5 heteroatoms. The van der Waals surface area contributed by atoms with Gasteiger partial charge in [0, 0.05) is 32.4 Å². The standard InChI is InChI=1S/C12H22N4O/c1-5-6-12(2,13)11(17)15(3)8-10-7-14-16(4)9-10/h7,9H,5-6,8,13H2,1-4H3. The summed E-state index contributed by atoms with van der Waals surface area (Å²) >= 11 is 0. The SMILES string of the molecule is CCCC(C)(N)C(=O)N(C)Cc1cnn(C)c1. The van der Waals surface area contributed by atoms with E-state index < -0.39 is 5.54 Å². The van der Waals surface area contributed by atoms with Crippen LogP contribution in [-0.4, -0.2) is 33.2 Å². The third kappa shape index (κ3) is 3.56. The summed E-state index contributed by atoms with van der Waals surface area (Å²) in [5.41, 5.74) is 6.26. The summed E-state index contributed by atoms with van der Waals surface area (Å²) in [6.45, 7) is 4.36. The minimum atomic E-state index is -0.772. The van der Waals surface area contributed by atoms with E-state index in [1.165, 1.54) is 0 Å². The first-order valence-electron chi connectivity index (χ1n) is 5.89. The highest BCUT2D eigenvalue weighted by Crippen LogP contribution is 2.13. The van der Waals surface area contributed by atoms with Crippen LogP contribution >= 0.6 is 0 Å². The molecule has 1 rings (SSSR count). The number of hydrogen-bond donors (Lipinski definition) is 1. The van der Waals surface area contributed by atoms with Crippen molar-refractivity contribution in [1.29, 1.82) is 0 Å². The van der Waals surface area contributed by atoms with Crippen molar-refractivity contribution in [2.24, 2.45) is 12.8 Å². The van der Waals surface area contributed by atoms with Crippen LogP contribution in [0.3, 0.4) is 0 Å². The van der Waals surface area contributed by atoms with Crippen LogP contribution in [0.5, 0.6) is 0 Å². The monoisotopic (exact) mass is 238 g/mol. The number of aromatic nitrogens is 2. The van der Waals surface area contributed by atoms with Gasteiger partial charge in [-0.1, -0.05) is 13.3 Å². The Morgan fingerprint density at radius 1 is 1.65 bits per heavy atom. The first-order chi connectivity index (χ1) is 7.86. The van der Waals surface area contributed by atoms with Gasteiger partial charge in [0.2, 0.25) is 5.91 Å². The molecule has 0 radical (unpaired) electrons. The molecule has 0 saturated heterocycles.